The number of nitrogens with zero attached hydrogens (tertiary/aromatic N) is 5. The number of aromatic nitrogens is 2. The van der Waals surface area contributed by atoms with Crippen molar-refractivity contribution in [2.24, 2.45) is 21.5 Å². The predicted octanol–water partition coefficient (Wildman–Crippen LogP) is 3.42. The molecular formula is C22H25N7. The van der Waals surface area contributed by atoms with Gasteiger partial charge in [-0.2, -0.15) is 4.99 Å². The molecule has 1 aliphatic heterocycles. The maximum absolute atomic E-state index is 6.32. The van der Waals surface area contributed by atoms with E-state index in [1.54, 1.807) is 0 Å². The van der Waals surface area contributed by atoms with Crippen molar-refractivity contribution in [3.8, 4) is 11.3 Å². The van der Waals surface area contributed by atoms with Crippen LogP contribution in [-0.2, 0) is 0 Å². The van der Waals surface area contributed by atoms with Crippen LogP contribution in [-0.4, -0.2) is 27.0 Å². The highest BCUT2D eigenvalue weighted by Crippen LogP contribution is 2.39. The van der Waals surface area contributed by atoms with Gasteiger partial charge in [-0.25, -0.2) is 9.98 Å². The number of pyridine rings is 1. The molecule has 0 unspecified atom stereocenters. The molecule has 1 aromatic carbocycles. The number of anilines is 1. The molecule has 4 N–H and O–H groups in total. The molecule has 2 aromatic heterocycles. The van der Waals surface area contributed by atoms with Crippen molar-refractivity contribution in [2.75, 3.05) is 4.90 Å². The van der Waals surface area contributed by atoms with E-state index in [9.17, 15) is 0 Å². The second-order valence-electron chi connectivity index (χ2n) is 7.96. The van der Waals surface area contributed by atoms with E-state index in [1.165, 1.54) is 12.0 Å². The van der Waals surface area contributed by atoms with Gasteiger partial charge in [-0.3, -0.25) is 4.90 Å². The number of hydrogen-bond acceptors (Lipinski definition) is 6. The summed E-state index contributed by atoms with van der Waals surface area (Å²) in [6.45, 7) is 2.07. The first kappa shape index (κ1) is 17.7. The summed E-state index contributed by atoms with van der Waals surface area (Å²) < 4.78 is 2.04. The molecule has 7 heteroatoms. The minimum atomic E-state index is -0.420. The Balaban J connectivity index is 1.50. The number of aryl methyl sites for hydroxylation is 1. The molecule has 29 heavy (non-hydrogen) atoms. The molecule has 0 bridgehead atoms. The first-order valence-electron chi connectivity index (χ1n) is 10.1. The summed E-state index contributed by atoms with van der Waals surface area (Å²) in [4.78, 5) is 15.8. The highest BCUT2D eigenvalue weighted by molar-refractivity contribution is 6.05. The van der Waals surface area contributed by atoms with E-state index in [1.807, 2.05) is 16.8 Å². The highest BCUT2D eigenvalue weighted by atomic mass is 15.4. The number of imidazole rings is 1. The largest absolute Gasteiger partial charge is 0.369 e. The fourth-order valence-electron chi connectivity index (χ4n) is 4.50. The third-order valence-electron chi connectivity index (χ3n) is 5.89. The van der Waals surface area contributed by atoms with Crippen LogP contribution in [0.25, 0.3) is 16.9 Å². The normalized spacial score (nSPS) is 18.7. The molecule has 1 saturated carbocycles. The third kappa shape index (κ3) is 3.03. The minimum absolute atomic E-state index is 0.275. The van der Waals surface area contributed by atoms with Crippen molar-refractivity contribution in [3.05, 3.63) is 54.4 Å². The average molecular weight is 387 g/mol. The second kappa shape index (κ2) is 6.62. The summed E-state index contributed by atoms with van der Waals surface area (Å²) in [6.07, 6.45) is 9.38. The first-order chi connectivity index (χ1) is 14.0. The quantitative estimate of drug-likeness (QED) is 0.704. The van der Waals surface area contributed by atoms with Gasteiger partial charge in [0.05, 0.1) is 5.69 Å². The lowest BCUT2D eigenvalue weighted by Crippen LogP contribution is -2.58. The lowest BCUT2D eigenvalue weighted by Gasteiger charge is -2.45. The van der Waals surface area contributed by atoms with E-state index in [2.05, 4.69) is 53.2 Å². The molecule has 7 nitrogen and oxygen atoms in total. The molecule has 0 atom stereocenters. The van der Waals surface area contributed by atoms with Crippen molar-refractivity contribution < 1.29 is 0 Å². The highest BCUT2D eigenvalue weighted by Gasteiger charge is 2.42. The smallest absolute Gasteiger partial charge is 0.220 e. The standard InChI is InChI=1S/C22H25N7/c1-15-9-12-28-14-18(25-19(28)13-15)16-5-7-17(8-6-16)29-21(24)26-20(23)27-22(29)10-3-2-4-11-22/h5-9,12-14H,2-4,10-11H2,1H3,(H4,23,24,26,27). The molecule has 148 valence electrons. The van der Waals surface area contributed by atoms with E-state index < -0.39 is 5.66 Å². The zero-order valence-electron chi connectivity index (χ0n) is 16.5. The summed E-state index contributed by atoms with van der Waals surface area (Å²) in [7, 11) is 0. The third-order valence-corrected chi connectivity index (χ3v) is 5.89. The number of rotatable bonds is 2. The molecule has 1 fully saturated rings. The van der Waals surface area contributed by atoms with Crippen molar-refractivity contribution in [3.63, 3.8) is 0 Å². The van der Waals surface area contributed by atoms with Crippen LogP contribution in [0.15, 0.2) is 58.8 Å². The molecule has 0 saturated heterocycles. The van der Waals surface area contributed by atoms with Crippen LogP contribution < -0.4 is 16.4 Å². The SMILES string of the molecule is Cc1ccn2cc(-c3ccc(N4C(N)=NC(N)=NC45CCCCC5)cc3)nc2c1. The van der Waals surface area contributed by atoms with Gasteiger partial charge < -0.3 is 15.9 Å². The van der Waals surface area contributed by atoms with Gasteiger partial charge in [0.15, 0.2) is 0 Å². The van der Waals surface area contributed by atoms with Crippen LogP contribution in [0.2, 0.25) is 0 Å². The predicted molar refractivity (Wildman–Crippen MR) is 117 cm³/mol. The molecule has 1 aliphatic carbocycles. The van der Waals surface area contributed by atoms with Crippen molar-refractivity contribution in [1.29, 1.82) is 0 Å². The Bertz CT molecular complexity index is 1120. The summed E-state index contributed by atoms with van der Waals surface area (Å²) in [6, 6.07) is 12.5. The van der Waals surface area contributed by atoms with E-state index >= 15 is 0 Å². The molecule has 5 rings (SSSR count). The topological polar surface area (TPSA) is 97.3 Å². The Morgan fingerprint density at radius 3 is 2.52 bits per heavy atom. The van der Waals surface area contributed by atoms with Gasteiger partial charge in [-0.05, 0) is 62.4 Å². The van der Waals surface area contributed by atoms with Crippen LogP contribution in [0.5, 0.6) is 0 Å². The zero-order chi connectivity index (χ0) is 20.0. The van der Waals surface area contributed by atoms with Gasteiger partial charge in [0.2, 0.25) is 11.9 Å². The summed E-state index contributed by atoms with van der Waals surface area (Å²) >= 11 is 0. The van der Waals surface area contributed by atoms with E-state index in [4.69, 9.17) is 21.4 Å². The Hall–Kier alpha value is -3.35. The molecule has 0 amide bonds. The maximum Gasteiger partial charge on any atom is 0.220 e. The van der Waals surface area contributed by atoms with Crippen LogP contribution in [0.1, 0.15) is 37.7 Å². The number of guanidine groups is 2. The second-order valence-corrected chi connectivity index (χ2v) is 7.96. The monoisotopic (exact) mass is 387 g/mol. The number of hydrogen-bond donors (Lipinski definition) is 2. The Morgan fingerprint density at radius 1 is 1.00 bits per heavy atom. The Morgan fingerprint density at radius 2 is 1.76 bits per heavy atom. The average Bonchev–Trinajstić information content (AvgIpc) is 3.11. The first-order valence-corrected chi connectivity index (χ1v) is 10.1. The summed E-state index contributed by atoms with van der Waals surface area (Å²) in [5.74, 6) is 0.688. The molecule has 1 spiro atoms. The zero-order valence-corrected chi connectivity index (χ0v) is 16.5. The number of benzene rings is 1. The van der Waals surface area contributed by atoms with E-state index in [-0.39, 0.29) is 5.96 Å². The fraction of sp³-hybridized carbons (Fsp3) is 0.318. The van der Waals surface area contributed by atoms with Gasteiger partial charge in [-0.15, -0.1) is 0 Å². The van der Waals surface area contributed by atoms with E-state index in [0.717, 1.165) is 48.3 Å². The lowest BCUT2D eigenvalue weighted by atomic mass is 9.87. The van der Waals surface area contributed by atoms with Crippen LogP contribution >= 0.6 is 0 Å². The minimum Gasteiger partial charge on any atom is -0.369 e. The molecule has 0 radical (unpaired) electrons. The lowest BCUT2D eigenvalue weighted by molar-refractivity contribution is 0.305. The summed E-state index contributed by atoms with van der Waals surface area (Å²) in [5.41, 5.74) is 17.0. The number of fused-ring (bicyclic) bond motifs is 1. The van der Waals surface area contributed by atoms with Crippen LogP contribution in [0.4, 0.5) is 5.69 Å². The van der Waals surface area contributed by atoms with Crippen molar-refractivity contribution >= 4 is 23.3 Å². The number of aliphatic imine (C=N–C) groups is 2. The van der Waals surface area contributed by atoms with Gasteiger partial charge in [0, 0.05) is 23.6 Å². The molecular weight excluding hydrogens is 362 g/mol. The molecule has 3 heterocycles. The van der Waals surface area contributed by atoms with Gasteiger partial charge in [-0.1, -0.05) is 18.6 Å². The van der Waals surface area contributed by atoms with Crippen LogP contribution in [0.3, 0.4) is 0 Å². The van der Waals surface area contributed by atoms with Crippen LogP contribution in [0, 0.1) is 6.92 Å². The van der Waals surface area contributed by atoms with Gasteiger partial charge in [0.25, 0.3) is 0 Å². The van der Waals surface area contributed by atoms with Crippen molar-refractivity contribution in [2.45, 2.75) is 44.7 Å². The van der Waals surface area contributed by atoms with Gasteiger partial charge in [0.1, 0.15) is 11.3 Å². The maximum atomic E-state index is 6.32. The fourth-order valence-corrected chi connectivity index (χ4v) is 4.50. The van der Waals surface area contributed by atoms with E-state index in [0.29, 0.717) is 5.96 Å². The number of nitrogens with two attached hydrogens (primary N) is 2. The molecule has 2 aliphatic rings. The van der Waals surface area contributed by atoms with Gasteiger partial charge >= 0.3 is 0 Å². The Kier molecular flexibility index (Phi) is 4.04. The molecule has 3 aromatic rings. The van der Waals surface area contributed by atoms with Crippen molar-refractivity contribution in [1.82, 2.24) is 9.38 Å². The summed E-state index contributed by atoms with van der Waals surface area (Å²) in [5, 5.41) is 0. The Labute approximate surface area is 169 Å².